The quantitative estimate of drug-likeness (QED) is 0.683. The zero-order valence-electron chi connectivity index (χ0n) is 11.9. The maximum atomic E-state index is 14.0. The number of benzene rings is 2. The summed E-state index contributed by atoms with van der Waals surface area (Å²) >= 11 is 2.24. The molecule has 21 heavy (non-hydrogen) atoms. The van der Waals surface area contributed by atoms with Gasteiger partial charge in [0, 0.05) is 15.2 Å². The van der Waals surface area contributed by atoms with Crippen LogP contribution in [0.5, 0.6) is 0 Å². The van der Waals surface area contributed by atoms with Crippen LogP contribution in [0.1, 0.15) is 30.5 Å². The molecule has 0 aliphatic carbocycles. The standard InChI is InChI=1S/C17H18F2IN/c1-2-10-21-16(11-12-6-8-13(20)9-7-12)17-14(18)4-3-5-15(17)19/h3-9,16,21H,2,10-11H2,1H3. The molecule has 2 aromatic rings. The molecule has 1 atom stereocenters. The van der Waals surface area contributed by atoms with Crippen LogP contribution in [0.15, 0.2) is 42.5 Å². The third-order valence-corrected chi connectivity index (χ3v) is 4.06. The summed E-state index contributed by atoms with van der Waals surface area (Å²) in [5, 5.41) is 3.25. The molecule has 1 unspecified atom stereocenters. The smallest absolute Gasteiger partial charge is 0.130 e. The highest BCUT2D eigenvalue weighted by Gasteiger charge is 2.19. The number of hydrogen-bond acceptors (Lipinski definition) is 1. The summed E-state index contributed by atoms with van der Waals surface area (Å²) in [5.74, 6) is -0.983. The highest BCUT2D eigenvalue weighted by Crippen LogP contribution is 2.24. The van der Waals surface area contributed by atoms with E-state index in [9.17, 15) is 8.78 Å². The van der Waals surface area contributed by atoms with Crippen LogP contribution in [0.2, 0.25) is 0 Å². The van der Waals surface area contributed by atoms with Gasteiger partial charge in [0.1, 0.15) is 11.6 Å². The molecule has 112 valence electrons. The van der Waals surface area contributed by atoms with E-state index >= 15 is 0 Å². The molecule has 0 heterocycles. The van der Waals surface area contributed by atoms with E-state index < -0.39 is 11.6 Å². The second-order valence-corrected chi connectivity index (χ2v) is 6.22. The molecule has 0 aliphatic rings. The summed E-state index contributed by atoms with van der Waals surface area (Å²) in [5.41, 5.74) is 1.19. The highest BCUT2D eigenvalue weighted by atomic mass is 127. The van der Waals surface area contributed by atoms with Crippen LogP contribution >= 0.6 is 22.6 Å². The normalized spacial score (nSPS) is 12.4. The predicted octanol–water partition coefficient (Wildman–Crippen LogP) is 4.85. The van der Waals surface area contributed by atoms with Crippen LogP contribution in [0.4, 0.5) is 8.78 Å². The number of halogens is 3. The largest absolute Gasteiger partial charge is 0.309 e. The van der Waals surface area contributed by atoms with Crippen molar-refractivity contribution in [3.05, 3.63) is 68.8 Å². The molecule has 4 heteroatoms. The third-order valence-electron chi connectivity index (χ3n) is 3.34. The Morgan fingerprint density at radius 2 is 1.67 bits per heavy atom. The number of nitrogens with one attached hydrogen (secondary N) is 1. The Bertz CT molecular complexity index is 564. The molecule has 0 aromatic heterocycles. The Hall–Kier alpha value is -1.01. The zero-order valence-corrected chi connectivity index (χ0v) is 14.0. The van der Waals surface area contributed by atoms with Crippen molar-refractivity contribution < 1.29 is 8.78 Å². The molecular weight excluding hydrogens is 383 g/mol. The van der Waals surface area contributed by atoms with Crippen molar-refractivity contribution in [2.45, 2.75) is 25.8 Å². The summed E-state index contributed by atoms with van der Waals surface area (Å²) in [6.45, 7) is 2.76. The third kappa shape index (κ3) is 4.48. The molecule has 2 rings (SSSR count). The molecule has 0 saturated heterocycles. The molecule has 0 aliphatic heterocycles. The van der Waals surface area contributed by atoms with E-state index in [1.807, 2.05) is 31.2 Å². The lowest BCUT2D eigenvalue weighted by molar-refractivity contribution is 0.464. The van der Waals surface area contributed by atoms with Gasteiger partial charge >= 0.3 is 0 Å². The van der Waals surface area contributed by atoms with Crippen LogP contribution in [-0.2, 0) is 6.42 Å². The fourth-order valence-corrected chi connectivity index (χ4v) is 2.65. The average Bonchev–Trinajstić information content (AvgIpc) is 2.46. The van der Waals surface area contributed by atoms with Crippen LogP contribution in [0.3, 0.4) is 0 Å². The lowest BCUT2D eigenvalue weighted by Gasteiger charge is -2.20. The summed E-state index contributed by atoms with van der Waals surface area (Å²) in [6.07, 6.45) is 1.48. The number of hydrogen-bond donors (Lipinski definition) is 1. The molecular formula is C17H18F2IN. The van der Waals surface area contributed by atoms with Gasteiger partial charge in [-0.25, -0.2) is 8.78 Å². The van der Waals surface area contributed by atoms with Crippen LogP contribution < -0.4 is 5.32 Å². The monoisotopic (exact) mass is 401 g/mol. The van der Waals surface area contributed by atoms with E-state index in [0.29, 0.717) is 6.42 Å². The first-order chi connectivity index (χ1) is 10.1. The fourth-order valence-electron chi connectivity index (χ4n) is 2.29. The minimum atomic E-state index is -0.492. The molecule has 0 bridgehead atoms. The van der Waals surface area contributed by atoms with E-state index in [2.05, 4.69) is 27.9 Å². The lowest BCUT2D eigenvalue weighted by Crippen LogP contribution is -2.26. The van der Waals surface area contributed by atoms with Gasteiger partial charge in [0.15, 0.2) is 0 Å². The van der Waals surface area contributed by atoms with Gasteiger partial charge in [0.25, 0.3) is 0 Å². The summed E-state index contributed by atoms with van der Waals surface area (Å²) in [6, 6.07) is 11.7. The summed E-state index contributed by atoms with van der Waals surface area (Å²) < 4.78 is 29.2. The van der Waals surface area contributed by atoms with Crippen LogP contribution in [-0.4, -0.2) is 6.54 Å². The molecule has 1 N–H and O–H groups in total. The lowest BCUT2D eigenvalue weighted by atomic mass is 9.97. The summed E-state index contributed by atoms with van der Waals surface area (Å²) in [7, 11) is 0. The van der Waals surface area contributed by atoms with E-state index in [1.54, 1.807) is 0 Å². The predicted molar refractivity (Wildman–Crippen MR) is 90.3 cm³/mol. The van der Waals surface area contributed by atoms with Gasteiger partial charge in [0.2, 0.25) is 0 Å². The maximum absolute atomic E-state index is 14.0. The van der Waals surface area contributed by atoms with Gasteiger partial charge in [-0.2, -0.15) is 0 Å². The Morgan fingerprint density at radius 1 is 1.05 bits per heavy atom. The Kier molecular flexibility index (Phi) is 6.11. The topological polar surface area (TPSA) is 12.0 Å². The summed E-state index contributed by atoms with van der Waals surface area (Å²) in [4.78, 5) is 0. The first-order valence-electron chi connectivity index (χ1n) is 7.03. The second kappa shape index (κ2) is 7.84. The number of rotatable bonds is 6. The molecule has 0 saturated carbocycles. The van der Waals surface area contributed by atoms with E-state index in [1.165, 1.54) is 18.2 Å². The molecule has 0 amide bonds. The van der Waals surface area contributed by atoms with Crippen molar-refractivity contribution >= 4 is 22.6 Å². The van der Waals surface area contributed by atoms with Gasteiger partial charge in [-0.1, -0.05) is 25.1 Å². The maximum Gasteiger partial charge on any atom is 0.130 e. The first-order valence-corrected chi connectivity index (χ1v) is 8.11. The fraction of sp³-hybridized carbons (Fsp3) is 0.294. The minimum Gasteiger partial charge on any atom is -0.309 e. The van der Waals surface area contributed by atoms with Gasteiger partial charge in [-0.05, 0) is 71.8 Å². The van der Waals surface area contributed by atoms with E-state index in [0.717, 1.165) is 22.1 Å². The van der Waals surface area contributed by atoms with Gasteiger partial charge in [-0.3, -0.25) is 0 Å². The van der Waals surface area contributed by atoms with Crippen LogP contribution in [0, 0.1) is 15.2 Å². The van der Waals surface area contributed by atoms with Crippen molar-refractivity contribution in [1.82, 2.24) is 5.32 Å². The molecule has 1 nitrogen and oxygen atoms in total. The van der Waals surface area contributed by atoms with E-state index in [4.69, 9.17) is 0 Å². The Balaban J connectivity index is 2.27. The van der Waals surface area contributed by atoms with Crippen molar-refractivity contribution in [2.24, 2.45) is 0 Å². The van der Waals surface area contributed by atoms with Crippen LogP contribution in [0.25, 0.3) is 0 Å². The average molecular weight is 401 g/mol. The van der Waals surface area contributed by atoms with Gasteiger partial charge < -0.3 is 5.32 Å². The first kappa shape index (κ1) is 16.4. The SMILES string of the molecule is CCCNC(Cc1ccc(I)cc1)c1c(F)cccc1F. The van der Waals surface area contributed by atoms with Crippen molar-refractivity contribution in [2.75, 3.05) is 6.54 Å². The molecule has 0 fully saturated rings. The Labute approximate surface area is 137 Å². The van der Waals surface area contributed by atoms with E-state index in [-0.39, 0.29) is 11.6 Å². The highest BCUT2D eigenvalue weighted by molar-refractivity contribution is 14.1. The van der Waals surface area contributed by atoms with Gasteiger partial charge in [-0.15, -0.1) is 0 Å². The molecule has 0 radical (unpaired) electrons. The van der Waals surface area contributed by atoms with Crippen molar-refractivity contribution in [3.8, 4) is 0 Å². The Morgan fingerprint density at radius 3 is 2.24 bits per heavy atom. The van der Waals surface area contributed by atoms with Crippen molar-refractivity contribution in [1.29, 1.82) is 0 Å². The molecule has 2 aromatic carbocycles. The minimum absolute atomic E-state index is 0.129. The van der Waals surface area contributed by atoms with Crippen molar-refractivity contribution in [3.63, 3.8) is 0 Å². The molecule has 0 spiro atoms. The zero-order chi connectivity index (χ0) is 15.2. The van der Waals surface area contributed by atoms with Gasteiger partial charge in [0.05, 0.1) is 0 Å². The second-order valence-electron chi connectivity index (χ2n) is 4.97.